The van der Waals surface area contributed by atoms with Gasteiger partial charge in [0.1, 0.15) is 0 Å². The second-order valence-electron chi connectivity index (χ2n) is 2.42. The third-order valence-electron chi connectivity index (χ3n) is 1.20. The lowest BCUT2D eigenvalue weighted by Gasteiger charge is -2.11. The van der Waals surface area contributed by atoms with Crippen molar-refractivity contribution in [3.05, 3.63) is 0 Å². The van der Waals surface area contributed by atoms with E-state index in [1.54, 1.807) is 13.8 Å². The Bertz CT molecular complexity index is 170. The van der Waals surface area contributed by atoms with Gasteiger partial charge in [0.15, 0.2) is 5.52 Å². The predicted molar refractivity (Wildman–Crippen MR) is 46.0 cm³/mol. The van der Waals surface area contributed by atoms with Gasteiger partial charge in [-0.15, -0.1) is 0 Å². The zero-order chi connectivity index (χ0) is 9.02. The molecule has 0 aromatic rings. The third-order valence-corrected chi connectivity index (χ3v) is 1.70. The number of rotatable bonds is 3. The van der Waals surface area contributed by atoms with E-state index in [0.717, 1.165) is 0 Å². The summed E-state index contributed by atoms with van der Waals surface area (Å²) in [4.78, 5) is 21.5. The van der Waals surface area contributed by atoms with Crippen LogP contribution >= 0.6 is 9.24 Å². The first-order chi connectivity index (χ1) is 4.95. The average Bonchev–Trinajstić information content (AvgIpc) is 1.87. The summed E-state index contributed by atoms with van der Waals surface area (Å²) in [5.74, 6) is -0.312. The van der Waals surface area contributed by atoms with Crippen LogP contribution in [-0.2, 0) is 9.59 Å². The minimum Gasteiger partial charge on any atom is -0.345 e. The highest BCUT2D eigenvalue weighted by Gasteiger charge is 2.13. The topological polar surface area (TPSA) is 72.2 Å². The van der Waals surface area contributed by atoms with Crippen molar-refractivity contribution in [3.8, 4) is 0 Å². The summed E-state index contributed by atoms with van der Waals surface area (Å²) in [7, 11) is 2.00. The molecule has 0 aromatic carbocycles. The Balaban J connectivity index is 3.85. The van der Waals surface area contributed by atoms with Gasteiger partial charge >= 0.3 is 0 Å². The summed E-state index contributed by atoms with van der Waals surface area (Å²) in [5, 5.41) is 2.44. The predicted octanol–water partition coefficient (Wildman–Crippen LogP) is -0.760. The van der Waals surface area contributed by atoms with Gasteiger partial charge in [0, 0.05) is 0 Å². The fraction of sp³-hybridized carbons (Fsp3) is 0.667. The highest BCUT2D eigenvalue weighted by atomic mass is 31.0. The fourth-order valence-electron chi connectivity index (χ4n) is 0.416. The number of nitrogens with two attached hydrogens (primary N) is 1. The molecule has 0 rings (SSSR count). The maximum Gasteiger partial charge on any atom is 0.237 e. The molecular weight excluding hydrogens is 163 g/mol. The Kier molecular flexibility index (Phi) is 4.23. The van der Waals surface area contributed by atoms with Gasteiger partial charge in [0.2, 0.25) is 5.91 Å². The molecule has 3 unspecified atom stereocenters. The van der Waals surface area contributed by atoms with Crippen LogP contribution in [0.15, 0.2) is 0 Å². The Hall–Kier alpha value is -0.470. The van der Waals surface area contributed by atoms with Gasteiger partial charge in [-0.3, -0.25) is 9.59 Å². The molecule has 64 valence electrons. The van der Waals surface area contributed by atoms with Gasteiger partial charge in [0.25, 0.3) is 0 Å². The van der Waals surface area contributed by atoms with Crippen LogP contribution in [0.3, 0.4) is 0 Å². The van der Waals surface area contributed by atoms with E-state index in [9.17, 15) is 9.59 Å². The number of carbonyl (C=O) groups excluding carboxylic acids is 2. The Morgan fingerprint density at radius 2 is 1.91 bits per heavy atom. The van der Waals surface area contributed by atoms with Gasteiger partial charge in [-0.25, -0.2) is 0 Å². The van der Waals surface area contributed by atoms with E-state index >= 15 is 0 Å². The summed E-state index contributed by atoms with van der Waals surface area (Å²) in [6.07, 6.45) is 0. The number of hydrogen-bond donors (Lipinski definition) is 2. The molecule has 1 amide bonds. The Labute approximate surface area is 68.1 Å². The van der Waals surface area contributed by atoms with Gasteiger partial charge in [0.05, 0.1) is 12.1 Å². The molecule has 11 heavy (non-hydrogen) atoms. The van der Waals surface area contributed by atoms with Crippen molar-refractivity contribution in [2.45, 2.75) is 25.9 Å². The molecule has 0 aliphatic heterocycles. The number of hydrogen-bond acceptors (Lipinski definition) is 3. The molecule has 0 radical (unpaired) electrons. The largest absolute Gasteiger partial charge is 0.345 e. The SMILES string of the molecule is CC(N)C(=O)NC(C)C(=O)P. The summed E-state index contributed by atoms with van der Waals surface area (Å²) >= 11 is 0. The molecule has 0 aliphatic carbocycles. The highest BCUT2D eigenvalue weighted by molar-refractivity contribution is 7.40. The van der Waals surface area contributed by atoms with Gasteiger partial charge < -0.3 is 11.1 Å². The van der Waals surface area contributed by atoms with Crippen LogP contribution in [0.4, 0.5) is 0 Å². The van der Waals surface area contributed by atoms with Crippen molar-refractivity contribution >= 4 is 20.7 Å². The monoisotopic (exact) mass is 176 g/mol. The molecule has 0 saturated carbocycles. The van der Waals surface area contributed by atoms with Gasteiger partial charge in [-0.1, -0.05) is 9.24 Å². The standard InChI is InChI=1S/C6H13N2O2P/c1-3(7)5(9)8-4(2)6(10)11/h3-4H,7,11H2,1-2H3,(H,8,9). The lowest BCUT2D eigenvalue weighted by atomic mass is 10.3. The van der Waals surface area contributed by atoms with E-state index < -0.39 is 12.1 Å². The van der Waals surface area contributed by atoms with E-state index in [1.807, 2.05) is 9.24 Å². The smallest absolute Gasteiger partial charge is 0.237 e. The minimum atomic E-state index is -0.568. The summed E-state index contributed by atoms with van der Waals surface area (Å²) < 4.78 is 0. The first-order valence-corrected chi connectivity index (χ1v) is 3.88. The quantitative estimate of drug-likeness (QED) is 0.555. The van der Waals surface area contributed by atoms with Crippen LogP contribution in [0, 0.1) is 0 Å². The van der Waals surface area contributed by atoms with Crippen LogP contribution in [0.5, 0.6) is 0 Å². The number of nitrogens with one attached hydrogen (secondary N) is 1. The maximum absolute atomic E-state index is 10.9. The zero-order valence-corrected chi connectivity index (χ0v) is 7.78. The van der Waals surface area contributed by atoms with Crippen LogP contribution in [-0.4, -0.2) is 23.5 Å². The number of amides is 1. The van der Waals surface area contributed by atoms with Crippen LogP contribution in [0.25, 0.3) is 0 Å². The van der Waals surface area contributed by atoms with Gasteiger partial charge in [-0.2, -0.15) is 0 Å². The lowest BCUT2D eigenvalue weighted by molar-refractivity contribution is -0.125. The van der Waals surface area contributed by atoms with Crippen molar-refractivity contribution in [1.82, 2.24) is 5.32 Å². The second kappa shape index (κ2) is 4.42. The van der Waals surface area contributed by atoms with Crippen molar-refractivity contribution in [1.29, 1.82) is 0 Å². The van der Waals surface area contributed by atoms with Crippen molar-refractivity contribution in [2.24, 2.45) is 5.73 Å². The number of carbonyl (C=O) groups is 2. The molecule has 0 spiro atoms. The molecule has 3 N–H and O–H groups in total. The molecule has 5 heteroatoms. The molecule has 0 saturated heterocycles. The molecule has 0 aromatic heterocycles. The maximum atomic E-state index is 10.9. The zero-order valence-electron chi connectivity index (χ0n) is 6.63. The third kappa shape index (κ3) is 4.06. The van der Waals surface area contributed by atoms with E-state index in [2.05, 4.69) is 5.32 Å². The summed E-state index contributed by atoms with van der Waals surface area (Å²) in [5.41, 5.74) is 5.10. The summed E-state index contributed by atoms with van der Waals surface area (Å²) in [6, 6.07) is -1.04. The van der Waals surface area contributed by atoms with Gasteiger partial charge in [-0.05, 0) is 13.8 Å². The van der Waals surface area contributed by atoms with Crippen LogP contribution in [0.1, 0.15) is 13.8 Å². The van der Waals surface area contributed by atoms with Crippen molar-refractivity contribution in [2.75, 3.05) is 0 Å². The first kappa shape index (κ1) is 10.5. The molecule has 4 nitrogen and oxygen atoms in total. The fourth-order valence-corrected chi connectivity index (χ4v) is 0.499. The van der Waals surface area contributed by atoms with Crippen LogP contribution in [0.2, 0.25) is 0 Å². The molecule has 0 fully saturated rings. The molecular formula is C6H13N2O2P. The normalized spacial score (nSPS) is 15.3. The molecule has 0 heterocycles. The van der Waals surface area contributed by atoms with E-state index in [0.29, 0.717) is 0 Å². The lowest BCUT2D eigenvalue weighted by Crippen LogP contribution is -2.44. The molecule has 0 aliphatic rings. The first-order valence-electron chi connectivity index (χ1n) is 3.30. The molecule has 0 bridgehead atoms. The van der Waals surface area contributed by atoms with Crippen molar-refractivity contribution < 1.29 is 9.59 Å². The van der Waals surface area contributed by atoms with E-state index in [4.69, 9.17) is 5.73 Å². The van der Waals surface area contributed by atoms with E-state index in [-0.39, 0.29) is 11.4 Å². The summed E-state index contributed by atoms with van der Waals surface area (Å²) in [6.45, 7) is 3.17. The Morgan fingerprint density at radius 3 is 2.18 bits per heavy atom. The Morgan fingerprint density at radius 1 is 1.45 bits per heavy atom. The molecule has 3 atom stereocenters. The van der Waals surface area contributed by atoms with Crippen LogP contribution < -0.4 is 11.1 Å². The highest BCUT2D eigenvalue weighted by Crippen LogP contribution is 1.92. The van der Waals surface area contributed by atoms with E-state index in [1.165, 1.54) is 0 Å². The minimum absolute atomic E-state index is 0.154. The second-order valence-corrected chi connectivity index (χ2v) is 2.99. The van der Waals surface area contributed by atoms with Crippen molar-refractivity contribution in [3.63, 3.8) is 0 Å². The average molecular weight is 176 g/mol.